The van der Waals surface area contributed by atoms with Crippen molar-refractivity contribution in [3.8, 4) is 5.75 Å². The first-order valence-electron chi connectivity index (χ1n) is 6.64. The molecule has 0 spiro atoms. The summed E-state index contributed by atoms with van der Waals surface area (Å²) in [5.74, 6) is 0.887. The largest absolute Gasteiger partial charge is 0.497 e. The van der Waals surface area contributed by atoms with Gasteiger partial charge in [-0.25, -0.2) is 0 Å². The van der Waals surface area contributed by atoms with E-state index >= 15 is 0 Å². The molecule has 0 aromatic heterocycles. The van der Waals surface area contributed by atoms with Crippen LogP contribution in [0.15, 0.2) is 65.1 Å². The number of halogens is 2. The molecule has 1 atom stereocenters. The van der Waals surface area contributed by atoms with Crippen molar-refractivity contribution in [1.82, 2.24) is 0 Å². The Morgan fingerprint density at radius 3 is 2.33 bits per heavy atom. The molecular weight excluding hydrogens is 392 g/mol. The monoisotopic (exact) mass is 404 g/mol. The predicted octanol–water partition coefficient (Wildman–Crippen LogP) is 6.10. The molecule has 3 aromatic carbocycles. The van der Waals surface area contributed by atoms with Gasteiger partial charge in [0.05, 0.1) is 11.9 Å². The number of ether oxygens (including phenoxy) is 1. The molecule has 0 radical (unpaired) electrons. The summed E-state index contributed by atoms with van der Waals surface area (Å²) in [6, 6.07) is 21.0. The van der Waals surface area contributed by atoms with Crippen molar-refractivity contribution in [1.29, 1.82) is 0 Å². The minimum absolute atomic E-state index is 0.182. The molecule has 1 nitrogen and oxygen atoms in total. The zero-order chi connectivity index (χ0) is 14.8. The van der Waals surface area contributed by atoms with Crippen molar-refractivity contribution in [3.05, 3.63) is 76.3 Å². The van der Waals surface area contributed by atoms with Gasteiger partial charge >= 0.3 is 0 Å². The fraction of sp³-hybridized carbons (Fsp3) is 0.111. The number of methoxy groups -OCH3 is 1. The Hall–Kier alpha value is -1.32. The van der Waals surface area contributed by atoms with E-state index in [-0.39, 0.29) is 4.83 Å². The highest BCUT2D eigenvalue weighted by atomic mass is 79.9. The van der Waals surface area contributed by atoms with Gasteiger partial charge in [0.25, 0.3) is 0 Å². The summed E-state index contributed by atoms with van der Waals surface area (Å²) in [4.78, 5) is 0.182. The zero-order valence-electron chi connectivity index (χ0n) is 11.5. The summed E-state index contributed by atoms with van der Waals surface area (Å²) < 4.78 is 6.36. The van der Waals surface area contributed by atoms with Gasteiger partial charge in [-0.15, -0.1) is 0 Å². The quantitative estimate of drug-likeness (QED) is 0.478. The van der Waals surface area contributed by atoms with Gasteiger partial charge in [0.1, 0.15) is 5.75 Å². The van der Waals surface area contributed by atoms with E-state index in [9.17, 15) is 0 Å². The van der Waals surface area contributed by atoms with Gasteiger partial charge in [-0.3, -0.25) is 0 Å². The first kappa shape index (κ1) is 14.6. The van der Waals surface area contributed by atoms with Crippen LogP contribution >= 0.6 is 31.9 Å². The molecule has 3 aromatic rings. The fourth-order valence-electron chi connectivity index (χ4n) is 2.38. The Labute approximate surface area is 141 Å². The minimum Gasteiger partial charge on any atom is -0.497 e. The molecule has 3 heteroatoms. The van der Waals surface area contributed by atoms with Gasteiger partial charge in [-0.2, -0.15) is 0 Å². The second kappa shape index (κ2) is 6.20. The van der Waals surface area contributed by atoms with Gasteiger partial charge in [-0.05, 0) is 52.2 Å². The van der Waals surface area contributed by atoms with E-state index in [2.05, 4.69) is 80.4 Å². The van der Waals surface area contributed by atoms with Crippen LogP contribution in [0.5, 0.6) is 5.75 Å². The van der Waals surface area contributed by atoms with E-state index in [1.807, 2.05) is 12.1 Å². The summed E-state index contributed by atoms with van der Waals surface area (Å²) in [5.41, 5.74) is 2.48. The number of hydrogen-bond acceptors (Lipinski definition) is 1. The van der Waals surface area contributed by atoms with Crippen LogP contribution in [-0.2, 0) is 0 Å². The molecule has 0 aliphatic heterocycles. The molecule has 0 aliphatic carbocycles. The molecule has 0 bridgehead atoms. The summed E-state index contributed by atoms with van der Waals surface area (Å²) in [6.45, 7) is 0. The lowest BCUT2D eigenvalue weighted by Crippen LogP contribution is -1.93. The van der Waals surface area contributed by atoms with Crippen LogP contribution in [0.25, 0.3) is 10.8 Å². The van der Waals surface area contributed by atoms with E-state index in [0.29, 0.717) is 0 Å². The molecule has 0 saturated heterocycles. The first-order valence-corrected chi connectivity index (χ1v) is 8.35. The maximum Gasteiger partial charge on any atom is 0.119 e. The molecular formula is C18H14Br2O. The molecule has 0 N–H and O–H groups in total. The van der Waals surface area contributed by atoms with Crippen LogP contribution in [0.1, 0.15) is 16.0 Å². The lowest BCUT2D eigenvalue weighted by Gasteiger charge is -2.12. The van der Waals surface area contributed by atoms with E-state index in [0.717, 1.165) is 10.2 Å². The fourth-order valence-corrected chi connectivity index (χ4v) is 3.37. The van der Waals surface area contributed by atoms with E-state index in [1.165, 1.54) is 21.9 Å². The third-order valence-electron chi connectivity index (χ3n) is 3.51. The molecule has 1 unspecified atom stereocenters. The van der Waals surface area contributed by atoms with Gasteiger partial charge in [-0.1, -0.05) is 62.2 Å². The van der Waals surface area contributed by atoms with Crippen LogP contribution in [0.4, 0.5) is 0 Å². The van der Waals surface area contributed by atoms with Gasteiger partial charge in [0.2, 0.25) is 0 Å². The molecule has 0 heterocycles. The van der Waals surface area contributed by atoms with Crippen molar-refractivity contribution in [2.75, 3.05) is 7.11 Å². The van der Waals surface area contributed by atoms with Crippen molar-refractivity contribution >= 4 is 42.6 Å². The van der Waals surface area contributed by atoms with Crippen LogP contribution in [0.2, 0.25) is 0 Å². The highest BCUT2D eigenvalue weighted by Crippen LogP contribution is 2.34. The molecule has 0 saturated carbocycles. The zero-order valence-corrected chi connectivity index (χ0v) is 14.7. The molecule has 21 heavy (non-hydrogen) atoms. The minimum atomic E-state index is 0.182. The first-order chi connectivity index (χ1) is 10.2. The SMILES string of the molecule is COc1ccc2cc(C(Br)c3cccc(Br)c3)ccc2c1. The summed E-state index contributed by atoms with van der Waals surface area (Å²) in [7, 11) is 1.69. The summed E-state index contributed by atoms with van der Waals surface area (Å²) in [5, 5.41) is 2.40. The third-order valence-corrected chi connectivity index (χ3v) is 5.06. The number of hydrogen-bond donors (Lipinski definition) is 0. The maximum absolute atomic E-state index is 5.27. The Kier molecular flexibility index (Phi) is 4.32. The van der Waals surface area contributed by atoms with Crippen molar-refractivity contribution in [2.24, 2.45) is 0 Å². The lowest BCUT2D eigenvalue weighted by atomic mass is 10.0. The van der Waals surface area contributed by atoms with Crippen molar-refractivity contribution in [2.45, 2.75) is 4.83 Å². The predicted molar refractivity (Wildman–Crippen MR) is 95.4 cm³/mol. The van der Waals surface area contributed by atoms with Crippen LogP contribution < -0.4 is 4.74 Å². The molecule has 0 fully saturated rings. The molecule has 0 amide bonds. The third kappa shape index (κ3) is 3.14. The summed E-state index contributed by atoms with van der Waals surface area (Å²) in [6.07, 6.45) is 0. The number of rotatable bonds is 3. The van der Waals surface area contributed by atoms with E-state index < -0.39 is 0 Å². The number of fused-ring (bicyclic) bond motifs is 1. The van der Waals surface area contributed by atoms with Gasteiger partial charge < -0.3 is 4.74 Å². The van der Waals surface area contributed by atoms with Crippen LogP contribution in [-0.4, -0.2) is 7.11 Å². The Bertz CT molecular complexity index is 783. The summed E-state index contributed by atoms with van der Waals surface area (Å²) >= 11 is 7.32. The smallest absolute Gasteiger partial charge is 0.119 e. The maximum atomic E-state index is 5.27. The van der Waals surface area contributed by atoms with Crippen molar-refractivity contribution < 1.29 is 4.74 Å². The van der Waals surface area contributed by atoms with Crippen LogP contribution in [0, 0.1) is 0 Å². The van der Waals surface area contributed by atoms with Gasteiger partial charge in [0.15, 0.2) is 0 Å². The normalized spacial score (nSPS) is 12.3. The van der Waals surface area contributed by atoms with Crippen LogP contribution in [0.3, 0.4) is 0 Å². The molecule has 106 valence electrons. The topological polar surface area (TPSA) is 9.23 Å². The highest BCUT2D eigenvalue weighted by molar-refractivity contribution is 9.10. The average Bonchev–Trinajstić information content (AvgIpc) is 2.53. The Morgan fingerprint density at radius 2 is 1.57 bits per heavy atom. The molecule has 3 rings (SSSR count). The molecule has 0 aliphatic rings. The highest BCUT2D eigenvalue weighted by Gasteiger charge is 2.11. The van der Waals surface area contributed by atoms with Crippen molar-refractivity contribution in [3.63, 3.8) is 0 Å². The number of alkyl halides is 1. The second-order valence-corrected chi connectivity index (χ2v) is 6.72. The van der Waals surface area contributed by atoms with Gasteiger partial charge in [0, 0.05) is 4.47 Å². The van der Waals surface area contributed by atoms with E-state index in [1.54, 1.807) is 7.11 Å². The standard InChI is InChI=1S/C18H14Br2O/c1-21-17-8-7-12-9-15(6-5-13(12)11-17)18(20)14-3-2-4-16(19)10-14/h2-11,18H,1H3. The Balaban J connectivity index is 2.00. The Morgan fingerprint density at radius 1 is 0.857 bits per heavy atom. The second-order valence-electron chi connectivity index (χ2n) is 4.89. The number of benzene rings is 3. The average molecular weight is 406 g/mol. The lowest BCUT2D eigenvalue weighted by molar-refractivity contribution is 0.415. The van der Waals surface area contributed by atoms with E-state index in [4.69, 9.17) is 4.74 Å².